The molecule has 21 heavy (non-hydrogen) atoms. The van der Waals surface area contributed by atoms with Crippen LogP contribution in [0.25, 0.3) is 0 Å². The van der Waals surface area contributed by atoms with Crippen LogP contribution < -0.4 is 0 Å². The molecule has 0 radical (unpaired) electrons. The molecule has 0 fully saturated rings. The van der Waals surface area contributed by atoms with Crippen LogP contribution in [-0.2, 0) is 17.6 Å². The highest BCUT2D eigenvalue weighted by Gasteiger charge is 2.22. The maximum Gasteiger partial charge on any atom is 0.311 e. The van der Waals surface area contributed by atoms with Crippen molar-refractivity contribution >= 4 is 23.1 Å². The van der Waals surface area contributed by atoms with E-state index in [1.54, 1.807) is 6.26 Å². The first kappa shape index (κ1) is 15.4. The fourth-order valence-corrected chi connectivity index (χ4v) is 2.66. The Morgan fingerprint density at radius 1 is 1.19 bits per heavy atom. The van der Waals surface area contributed by atoms with Crippen molar-refractivity contribution in [2.24, 2.45) is 5.92 Å². The lowest BCUT2D eigenvalue weighted by Crippen LogP contribution is -2.24. The van der Waals surface area contributed by atoms with E-state index in [2.05, 4.69) is 0 Å². The molecule has 2 rings (SSSR count). The highest BCUT2D eigenvalue weighted by molar-refractivity contribution is 7.80. The maximum absolute atomic E-state index is 11.4. The van der Waals surface area contributed by atoms with E-state index in [1.807, 2.05) is 42.5 Å². The molecule has 2 aromatic rings. The predicted octanol–water partition coefficient (Wildman–Crippen LogP) is 3.92. The summed E-state index contributed by atoms with van der Waals surface area (Å²) in [4.78, 5) is 12.0. The third kappa shape index (κ3) is 4.83. The van der Waals surface area contributed by atoms with Crippen molar-refractivity contribution in [2.75, 3.05) is 0 Å². The molecule has 0 bridgehead atoms. The summed E-state index contributed by atoms with van der Waals surface area (Å²) in [6, 6.07) is 13.5. The summed E-state index contributed by atoms with van der Waals surface area (Å²) in [6.07, 6.45) is 4.20. The molecule has 1 unspecified atom stereocenters. The number of carbonyl (C=O) groups is 1. The lowest BCUT2D eigenvalue weighted by Gasteiger charge is -2.13. The second-order valence-corrected chi connectivity index (χ2v) is 5.52. The Kier molecular flexibility index (Phi) is 5.69. The van der Waals surface area contributed by atoms with Gasteiger partial charge in [0.1, 0.15) is 5.76 Å². The van der Waals surface area contributed by atoms with E-state index >= 15 is 0 Å². The van der Waals surface area contributed by atoms with Gasteiger partial charge in [0.05, 0.1) is 12.2 Å². The minimum Gasteiger partial charge on any atom is -0.481 e. The lowest BCUT2D eigenvalue weighted by atomic mass is 9.94. The van der Waals surface area contributed by atoms with Crippen molar-refractivity contribution in [3.05, 3.63) is 60.1 Å². The van der Waals surface area contributed by atoms with Crippen LogP contribution in [0.5, 0.6) is 0 Å². The van der Waals surface area contributed by atoms with E-state index in [-0.39, 0.29) is 0 Å². The summed E-state index contributed by atoms with van der Waals surface area (Å²) in [6.45, 7) is 0. The van der Waals surface area contributed by atoms with E-state index in [4.69, 9.17) is 16.6 Å². The third-order valence-corrected chi connectivity index (χ3v) is 3.83. The summed E-state index contributed by atoms with van der Waals surface area (Å²) in [5.74, 6) is -0.529. The fraction of sp³-hybridized carbons (Fsp3) is 0.294. The molecule has 0 saturated heterocycles. The monoisotopic (exact) mass is 302 g/mol. The van der Waals surface area contributed by atoms with Gasteiger partial charge in [0.2, 0.25) is 0 Å². The van der Waals surface area contributed by atoms with E-state index in [0.717, 1.165) is 24.2 Å². The van der Waals surface area contributed by atoms with Crippen LogP contribution in [0.4, 0.5) is 0 Å². The fourth-order valence-electron chi connectivity index (χ4n) is 2.28. The molecule has 0 aliphatic heterocycles. The molecule has 0 aliphatic carbocycles. The highest BCUT2D eigenvalue weighted by Crippen LogP contribution is 2.16. The quantitative estimate of drug-likeness (QED) is 0.751. The van der Waals surface area contributed by atoms with Crippen LogP contribution in [-0.4, -0.2) is 15.9 Å². The normalized spacial score (nSPS) is 12.0. The molecular weight excluding hydrogens is 284 g/mol. The molecule has 1 aromatic heterocycles. The zero-order chi connectivity index (χ0) is 15.1. The molecule has 1 atom stereocenters. The van der Waals surface area contributed by atoms with Crippen LogP contribution >= 0.6 is 12.2 Å². The van der Waals surface area contributed by atoms with Gasteiger partial charge in [-0.15, -0.1) is 0 Å². The van der Waals surface area contributed by atoms with Gasteiger partial charge in [-0.1, -0.05) is 42.5 Å². The average Bonchev–Trinajstić information content (AvgIpc) is 2.97. The number of furan rings is 1. The van der Waals surface area contributed by atoms with Gasteiger partial charge in [-0.3, -0.25) is 4.79 Å². The van der Waals surface area contributed by atoms with Crippen molar-refractivity contribution in [3.8, 4) is 0 Å². The molecule has 3 nitrogen and oxygen atoms in total. The van der Waals surface area contributed by atoms with Crippen LogP contribution in [0.3, 0.4) is 0 Å². The molecule has 1 aromatic carbocycles. The molecule has 0 amide bonds. The SMILES string of the molecule is O=C(O)C(CCCc1ccco1)C(=S)Cc1ccccc1. The summed E-state index contributed by atoms with van der Waals surface area (Å²) < 4.78 is 5.25. The Labute approximate surface area is 129 Å². The first-order valence-corrected chi connectivity index (χ1v) is 7.39. The van der Waals surface area contributed by atoms with E-state index in [0.29, 0.717) is 17.7 Å². The molecule has 0 saturated carbocycles. The summed E-state index contributed by atoms with van der Waals surface area (Å²) in [7, 11) is 0. The Morgan fingerprint density at radius 3 is 2.57 bits per heavy atom. The Hall–Kier alpha value is -1.94. The maximum atomic E-state index is 11.4. The van der Waals surface area contributed by atoms with Crippen molar-refractivity contribution in [3.63, 3.8) is 0 Å². The minimum absolute atomic E-state index is 0.536. The number of hydrogen-bond donors (Lipinski definition) is 1. The first-order valence-electron chi connectivity index (χ1n) is 6.98. The van der Waals surface area contributed by atoms with Gasteiger partial charge in [-0.05, 0) is 30.5 Å². The highest BCUT2D eigenvalue weighted by atomic mass is 32.1. The Bertz CT molecular complexity index is 575. The number of hydrogen-bond acceptors (Lipinski definition) is 3. The minimum atomic E-state index is -0.838. The van der Waals surface area contributed by atoms with Crippen molar-refractivity contribution in [1.82, 2.24) is 0 Å². The molecule has 110 valence electrons. The molecule has 1 N–H and O–H groups in total. The smallest absolute Gasteiger partial charge is 0.311 e. The van der Waals surface area contributed by atoms with Crippen molar-refractivity contribution in [2.45, 2.75) is 25.7 Å². The number of benzene rings is 1. The van der Waals surface area contributed by atoms with Gasteiger partial charge >= 0.3 is 5.97 Å². The number of carboxylic acid groups (broad SMARTS) is 1. The van der Waals surface area contributed by atoms with Gasteiger partial charge in [-0.25, -0.2) is 0 Å². The van der Waals surface area contributed by atoms with Gasteiger partial charge in [0.15, 0.2) is 0 Å². The average molecular weight is 302 g/mol. The third-order valence-electron chi connectivity index (χ3n) is 3.40. The van der Waals surface area contributed by atoms with Gasteiger partial charge in [0.25, 0.3) is 0 Å². The number of thiocarbonyl (C=S) groups is 1. The molecular formula is C17H18O3S. The number of aryl methyl sites for hydroxylation is 1. The largest absolute Gasteiger partial charge is 0.481 e. The molecule has 0 aliphatic rings. The van der Waals surface area contributed by atoms with E-state index in [1.165, 1.54) is 0 Å². The lowest BCUT2D eigenvalue weighted by molar-refractivity contribution is -0.139. The number of rotatable bonds is 8. The Balaban J connectivity index is 1.88. The van der Waals surface area contributed by atoms with Gasteiger partial charge < -0.3 is 9.52 Å². The summed E-state index contributed by atoms with van der Waals surface area (Å²) in [5, 5.41) is 9.37. The first-order chi connectivity index (χ1) is 10.2. The van der Waals surface area contributed by atoms with E-state index < -0.39 is 11.9 Å². The summed E-state index contributed by atoms with van der Waals surface area (Å²) >= 11 is 5.34. The molecule has 0 spiro atoms. The Morgan fingerprint density at radius 2 is 1.95 bits per heavy atom. The second kappa shape index (κ2) is 7.74. The van der Waals surface area contributed by atoms with Gasteiger partial charge in [0, 0.05) is 17.7 Å². The standard InChI is InChI=1S/C17H18O3S/c18-17(19)15(10-4-8-14-9-5-11-20-14)16(21)12-13-6-2-1-3-7-13/h1-3,5-7,9,11,15H,4,8,10,12H2,(H,18,19). The van der Waals surface area contributed by atoms with E-state index in [9.17, 15) is 9.90 Å². The number of aliphatic carboxylic acids is 1. The topological polar surface area (TPSA) is 50.4 Å². The van der Waals surface area contributed by atoms with Crippen molar-refractivity contribution < 1.29 is 14.3 Å². The molecule has 1 heterocycles. The second-order valence-electron chi connectivity index (χ2n) is 4.99. The van der Waals surface area contributed by atoms with Gasteiger partial charge in [-0.2, -0.15) is 0 Å². The summed E-state index contributed by atoms with van der Waals surface area (Å²) in [5.41, 5.74) is 1.06. The molecule has 4 heteroatoms. The van der Waals surface area contributed by atoms with Crippen LogP contribution in [0.2, 0.25) is 0 Å². The van der Waals surface area contributed by atoms with Crippen LogP contribution in [0.1, 0.15) is 24.2 Å². The number of carboxylic acids is 1. The zero-order valence-corrected chi connectivity index (χ0v) is 12.5. The zero-order valence-electron chi connectivity index (χ0n) is 11.7. The predicted molar refractivity (Wildman–Crippen MR) is 85.5 cm³/mol. The van der Waals surface area contributed by atoms with Crippen LogP contribution in [0.15, 0.2) is 53.1 Å². The van der Waals surface area contributed by atoms with Crippen LogP contribution in [0, 0.1) is 5.92 Å². The van der Waals surface area contributed by atoms with Crippen molar-refractivity contribution in [1.29, 1.82) is 0 Å².